The second-order valence-electron chi connectivity index (χ2n) is 9.06. The summed E-state index contributed by atoms with van der Waals surface area (Å²) in [5.74, 6) is -0.308. The minimum Gasteiger partial charge on any atom is -0.458 e. The largest absolute Gasteiger partial charge is 0.458 e. The summed E-state index contributed by atoms with van der Waals surface area (Å²) in [5.41, 5.74) is -1.39. The van der Waals surface area contributed by atoms with Crippen LogP contribution in [0.5, 0.6) is 0 Å². The molecular formula is C28H46O3. The molecule has 0 heterocycles. The van der Waals surface area contributed by atoms with E-state index < -0.39 is 11.2 Å². The molecular weight excluding hydrogens is 384 g/mol. The number of esters is 1. The maximum Gasteiger partial charge on any atom is 0.338 e. The van der Waals surface area contributed by atoms with E-state index in [9.17, 15) is 4.79 Å². The number of ether oxygens (including phenoxy) is 2. The number of hydrogen-bond donors (Lipinski definition) is 0. The van der Waals surface area contributed by atoms with Gasteiger partial charge in [0.1, 0.15) is 5.60 Å². The smallest absolute Gasteiger partial charge is 0.338 e. The van der Waals surface area contributed by atoms with Crippen LogP contribution >= 0.6 is 0 Å². The van der Waals surface area contributed by atoms with Crippen molar-refractivity contribution in [3.63, 3.8) is 0 Å². The summed E-state index contributed by atoms with van der Waals surface area (Å²) in [6.07, 6.45) is 30.2. The molecule has 31 heavy (non-hydrogen) atoms. The van der Waals surface area contributed by atoms with Crippen LogP contribution in [0.2, 0.25) is 0 Å². The van der Waals surface area contributed by atoms with E-state index in [-0.39, 0.29) is 5.97 Å². The molecule has 176 valence electrons. The van der Waals surface area contributed by atoms with Crippen LogP contribution in [0.25, 0.3) is 0 Å². The molecule has 0 aromatic rings. The summed E-state index contributed by atoms with van der Waals surface area (Å²) >= 11 is 0. The van der Waals surface area contributed by atoms with Crippen LogP contribution in [-0.4, -0.2) is 23.8 Å². The van der Waals surface area contributed by atoms with Crippen molar-refractivity contribution in [1.29, 1.82) is 0 Å². The number of unbranched alkanes of at least 4 members (excludes halogenated alkanes) is 2. The van der Waals surface area contributed by atoms with Gasteiger partial charge in [-0.2, -0.15) is 0 Å². The topological polar surface area (TPSA) is 35.5 Å². The Morgan fingerprint density at radius 2 is 1.13 bits per heavy atom. The third-order valence-electron chi connectivity index (χ3n) is 4.28. The third-order valence-corrected chi connectivity index (χ3v) is 4.28. The molecule has 0 amide bonds. The molecule has 0 spiro atoms. The van der Waals surface area contributed by atoms with Crippen molar-refractivity contribution in [1.82, 2.24) is 0 Å². The maximum atomic E-state index is 12.1. The molecule has 3 heteroatoms. The summed E-state index contributed by atoms with van der Waals surface area (Å²) in [6.45, 7) is 11.9. The number of carbonyl (C=O) groups excluding carboxylic acids is 1. The first-order valence-corrected chi connectivity index (χ1v) is 11.8. The first-order chi connectivity index (χ1) is 14.7. The highest BCUT2D eigenvalue weighted by Crippen LogP contribution is 2.18. The van der Waals surface area contributed by atoms with Gasteiger partial charge in [-0.25, -0.2) is 4.79 Å². The number of rotatable bonds is 16. The molecule has 0 bridgehead atoms. The van der Waals surface area contributed by atoms with Crippen molar-refractivity contribution in [2.45, 2.75) is 104 Å². The minimum atomic E-state index is -0.898. The molecule has 0 fully saturated rings. The van der Waals surface area contributed by atoms with E-state index in [1.807, 2.05) is 20.8 Å². The van der Waals surface area contributed by atoms with Crippen molar-refractivity contribution in [3.05, 3.63) is 60.8 Å². The zero-order valence-electron chi connectivity index (χ0n) is 20.9. The van der Waals surface area contributed by atoms with Crippen LogP contribution in [0.15, 0.2) is 60.8 Å². The highest BCUT2D eigenvalue weighted by atomic mass is 16.6. The fourth-order valence-corrected chi connectivity index (χ4v) is 2.52. The summed E-state index contributed by atoms with van der Waals surface area (Å²) in [5, 5.41) is 0. The molecule has 0 saturated carbocycles. The van der Waals surface area contributed by atoms with Crippen molar-refractivity contribution >= 4 is 5.97 Å². The minimum absolute atomic E-state index is 0.308. The van der Waals surface area contributed by atoms with Crippen LogP contribution in [0.4, 0.5) is 0 Å². The Hall–Kier alpha value is -1.87. The first-order valence-electron chi connectivity index (χ1n) is 11.8. The number of carbonyl (C=O) groups is 1. The molecule has 0 radical (unpaired) electrons. The third kappa shape index (κ3) is 19.8. The number of hydrogen-bond acceptors (Lipinski definition) is 3. The first kappa shape index (κ1) is 29.1. The Morgan fingerprint density at radius 1 is 0.677 bits per heavy atom. The predicted molar refractivity (Wildman–Crippen MR) is 134 cm³/mol. The van der Waals surface area contributed by atoms with Gasteiger partial charge in [0.2, 0.25) is 0 Å². The van der Waals surface area contributed by atoms with E-state index in [4.69, 9.17) is 9.47 Å². The average Bonchev–Trinajstić information content (AvgIpc) is 2.68. The Balaban J connectivity index is 3.72. The highest BCUT2D eigenvalue weighted by Gasteiger charge is 2.33. The molecule has 3 nitrogen and oxygen atoms in total. The normalized spacial score (nSPS) is 13.6. The Kier molecular flexibility index (Phi) is 16.7. The lowest BCUT2D eigenvalue weighted by Crippen LogP contribution is -2.41. The quantitative estimate of drug-likeness (QED) is 0.141. The van der Waals surface area contributed by atoms with E-state index in [2.05, 4.69) is 67.7 Å². The van der Waals surface area contributed by atoms with Crippen LogP contribution < -0.4 is 0 Å². The monoisotopic (exact) mass is 430 g/mol. The summed E-state index contributed by atoms with van der Waals surface area (Å²) < 4.78 is 11.1. The fourth-order valence-electron chi connectivity index (χ4n) is 2.52. The van der Waals surface area contributed by atoms with Crippen LogP contribution in [0.3, 0.4) is 0 Å². The van der Waals surface area contributed by atoms with E-state index in [0.29, 0.717) is 6.61 Å². The molecule has 0 N–H and O–H groups in total. The molecule has 0 aliphatic carbocycles. The van der Waals surface area contributed by atoms with Crippen molar-refractivity contribution in [2.24, 2.45) is 0 Å². The molecule has 0 aliphatic heterocycles. The summed E-state index contributed by atoms with van der Waals surface area (Å²) in [7, 11) is 0. The Bertz CT molecular complexity index is 598. The summed E-state index contributed by atoms with van der Waals surface area (Å²) in [6, 6.07) is 0. The van der Waals surface area contributed by atoms with Crippen molar-refractivity contribution in [2.75, 3.05) is 6.61 Å². The van der Waals surface area contributed by atoms with E-state index in [0.717, 1.165) is 51.4 Å². The molecule has 0 aromatic heterocycles. The van der Waals surface area contributed by atoms with Gasteiger partial charge >= 0.3 is 5.97 Å². The van der Waals surface area contributed by atoms with Crippen LogP contribution in [-0.2, 0) is 14.3 Å². The SMILES string of the molecule is CCC=CCC=CCC=CCC=CCC=CCCCCOC(C)(C)C(=O)OC(C)(C)C. The van der Waals surface area contributed by atoms with Gasteiger partial charge in [0.15, 0.2) is 5.60 Å². The number of allylic oxidation sites excluding steroid dienone is 10. The van der Waals surface area contributed by atoms with Gasteiger partial charge in [0.05, 0.1) is 0 Å². The maximum absolute atomic E-state index is 12.1. The average molecular weight is 431 g/mol. The van der Waals surface area contributed by atoms with E-state index in [1.54, 1.807) is 13.8 Å². The predicted octanol–water partition coefficient (Wildman–Crippen LogP) is 8.05. The van der Waals surface area contributed by atoms with Gasteiger partial charge in [-0.1, -0.05) is 67.7 Å². The summed E-state index contributed by atoms with van der Waals surface area (Å²) in [4.78, 5) is 12.1. The lowest BCUT2D eigenvalue weighted by atomic mass is 10.1. The zero-order chi connectivity index (χ0) is 23.4. The Labute approximate surface area is 192 Å². The molecule has 0 unspecified atom stereocenters. The van der Waals surface area contributed by atoms with Crippen LogP contribution in [0, 0.1) is 0 Å². The van der Waals surface area contributed by atoms with Crippen molar-refractivity contribution < 1.29 is 14.3 Å². The van der Waals surface area contributed by atoms with Crippen molar-refractivity contribution in [3.8, 4) is 0 Å². The van der Waals surface area contributed by atoms with Gasteiger partial charge in [0, 0.05) is 6.61 Å². The second kappa shape index (κ2) is 17.8. The Morgan fingerprint density at radius 3 is 1.58 bits per heavy atom. The van der Waals surface area contributed by atoms with Gasteiger partial charge in [0.25, 0.3) is 0 Å². The highest BCUT2D eigenvalue weighted by molar-refractivity contribution is 5.78. The fraction of sp³-hybridized carbons (Fsp3) is 0.607. The van der Waals surface area contributed by atoms with E-state index in [1.165, 1.54) is 0 Å². The van der Waals surface area contributed by atoms with Gasteiger partial charge in [-0.15, -0.1) is 0 Å². The molecule has 0 saturated heterocycles. The molecule has 0 rings (SSSR count). The van der Waals surface area contributed by atoms with E-state index >= 15 is 0 Å². The van der Waals surface area contributed by atoms with Crippen LogP contribution in [0.1, 0.15) is 92.9 Å². The molecule has 0 aliphatic rings. The molecule has 0 atom stereocenters. The lowest BCUT2D eigenvalue weighted by Gasteiger charge is -2.28. The lowest BCUT2D eigenvalue weighted by molar-refractivity contribution is -0.179. The van der Waals surface area contributed by atoms with Gasteiger partial charge in [-0.3, -0.25) is 0 Å². The zero-order valence-corrected chi connectivity index (χ0v) is 20.9. The van der Waals surface area contributed by atoms with Gasteiger partial charge < -0.3 is 9.47 Å². The standard InChI is InChI=1S/C28H46O3/c1-7-8-9-10-11-12-13-14-15-16-17-18-19-20-21-22-23-24-25-30-28(5,6)26(29)31-27(2,3)4/h8-9,11-12,14-15,17-18,20-21H,7,10,13,16,19,22-25H2,1-6H3. The molecule has 0 aromatic carbocycles. The second-order valence-corrected chi connectivity index (χ2v) is 9.06. The van der Waals surface area contributed by atoms with Gasteiger partial charge in [-0.05, 0) is 86.0 Å².